The number of para-hydroxylation sites is 1. The Hall–Kier alpha value is -2.43. The molecule has 1 amide bonds. The van der Waals surface area contributed by atoms with E-state index >= 15 is 0 Å². The summed E-state index contributed by atoms with van der Waals surface area (Å²) in [6.07, 6.45) is 6.37. The molecule has 1 fully saturated rings. The number of carbonyl (C=O) groups is 1. The number of aromatic nitrogens is 2. The van der Waals surface area contributed by atoms with Crippen LogP contribution in [-0.4, -0.2) is 29.0 Å². The van der Waals surface area contributed by atoms with Gasteiger partial charge in [0.25, 0.3) is 5.91 Å². The van der Waals surface area contributed by atoms with Crippen LogP contribution in [0, 0.1) is 0 Å². The fourth-order valence-corrected chi connectivity index (χ4v) is 3.24. The van der Waals surface area contributed by atoms with Crippen LogP contribution in [0.1, 0.15) is 61.5 Å². The van der Waals surface area contributed by atoms with Crippen molar-refractivity contribution in [1.82, 2.24) is 9.97 Å². The zero-order valence-corrected chi connectivity index (χ0v) is 15.0. The monoisotopic (exact) mass is 338 g/mol. The van der Waals surface area contributed by atoms with Gasteiger partial charge in [0.2, 0.25) is 0 Å². The summed E-state index contributed by atoms with van der Waals surface area (Å²) >= 11 is 0. The molecule has 2 heterocycles. The van der Waals surface area contributed by atoms with Crippen LogP contribution in [0.25, 0.3) is 0 Å². The number of benzene rings is 1. The molecule has 0 aliphatic carbocycles. The summed E-state index contributed by atoms with van der Waals surface area (Å²) in [5, 5.41) is 3.00. The molecule has 2 aromatic rings. The Morgan fingerprint density at radius 1 is 1.08 bits per heavy atom. The molecule has 1 aromatic carbocycles. The van der Waals surface area contributed by atoms with Gasteiger partial charge in [0, 0.05) is 24.8 Å². The van der Waals surface area contributed by atoms with Crippen molar-refractivity contribution in [2.75, 3.05) is 23.3 Å². The second-order valence-corrected chi connectivity index (χ2v) is 6.86. The third-order valence-corrected chi connectivity index (χ3v) is 4.65. The van der Waals surface area contributed by atoms with Crippen LogP contribution in [-0.2, 0) is 0 Å². The minimum absolute atomic E-state index is 0.188. The molecule has 1 aliphatic rings. The first-order valence-electron chi connectivity index (χ1n) is 9.12. The third kappa shape index (κ3) is 4.35. The van der Waals surface area contributed by atoms with Crippen molar-refractivity contribution in [2.45, 2.75) is 45.4 Å². The molecule has 0 bridgehead atoms. The fraction of sp³-hybridized carbons (Fsp3) is 0.450. The predicted molar refractivity (Wildman–Crippen MR) is 101 cm³/mol. The van der Waals surface area contributed by atoms with Gasteiger partial charge in [-0.15, -0.1) is 0 Å². The summed E-state index contributed by atoms with van der Waals surface area (Å²) < 4.78 is 0. The summed E-state index contributed by atoms with van der Waals surface area (Å²) in [5.41, 5.74) is 2.38. The number of rotatable bonds is 4. The van der Waals surface area contributed by atoms with Crippen LogP contribution in [0.4, 0.5) is 11.5 Å². The Morgan fingerprint density at radius 3 is 2.52 bits per heavy atom. The van der Waals surface area contributed by atoms with Crippen molar-refractivity contribution in [3.05, 3.63) is 47.9 Å². The van der Waals surface area contributed by atoms with Crippen LogP contribution >= 0.6 is 0 Å². The highest BCUT2D eigenvalue weighted by Crippen LogP contribution is 2.24. The first-order chi connectivity index (χ1) is 12.1. The van der Waals surface area contributed by atoms with E-state index in [4.69, 9.17) is 0 Å². The zero-order chi connectivity index (χ0) is 17.6. The molecule has 0 spiro atoms. The van der Waals surface area contributed by atoms with E-state index in [0.29, 0.717) is 11.6 Å². The quantitative estimate of drug-likeness (QED) is 0.906. The minimum atomic E-state index is -0.188. The first kappa shape index (κ1) is 17.4. The molecular formula is C20H26N4O. The summed E-state index contributed by atoms with van der Waals surface area (Å²) in [4.78, 5) is 23.5. The molecule has 0 atom stereocenters. The molecule has 5 heteroatoms. The minimum Gasteiger partial charge on any atom is -0.357 e. The Bertz CT molecular complexity index is 721. The van der Waals surface area contributed by atoms with Gasteiger partial charge >= 0.3 is 0 Å². The lowest BCUT2D eigenvalue weighted by Gasteiger charge is -2.21. The van der Waals surface area contributed by atoms with Crippen molar-refractivity contribution >= 4 is 17.4 Å². The van der Waals surface area contributed by atoms with Gasteiger partial charge in [-0.05, 0) is 30.4 Å². The summed E-state index contributed by atoms with van der Waals surface area (Å²) in [6, 6.07) is 9.71. The first-order valence-corrected chi connectivity index (χ1v) is 9.12. The largest absolute Gasteiger partial charge is 0.357 e. The number of hydrogen-bond donors (Lipinski definition) is 1. The average molecular weight is 338 g/mol. The molecular weight excluding hydrogens is 312 g/mol. The lowest BCUT2D eigenvalue weighted by molar-refractivity contribution is 0.102. The van der Waals surface area contributed by atoms with E-state index in [1.807, 2.05) is 24.3 Å². The molecule has 1 N–H and O–H groups in total. The van der Waals surface area contributed by atoms with E-state index in [9.17, 15) is 4.79 Å². The Balaban J connectivity index is 1.78. The predicted octanol–water partition coefficient (Wildman–Crippen LogP) is 4.23. The highest BCUT2D eigenvalue weighted by molar-refractivity contribution is 6.03. The highest BCUT2D eigenvalue weighted by atomic mass is 16.1. The number of amides is 1. The molecule has 25 heavy (non-hydrogen) atoms. The summed E-state index contributed by atoms with van der Waals surface area (Å²) in [6.45, 7) is 6.22. The topological polar surface area (TPSA) is 58.1 Å². The molecule has 0 saturated carbocycles. The molecule has 0 radical (unpaired) electrons. The SMILES string of the molecule is CC(C)c1ccccc1NC(=O)c1cc(N2CCCCCC2)ncn1. The lowest BCUT2D eigenvalue weighted by atomic mass is 10.0. The van der Waals surface area contributed by atoms with Crippen molar-refractivity contribution in [3.63, 3.8) is 0 Å². The van der Waals surface area contributed by atoms with Gasteiger partial charge in [-0.1, -0.05) is 44.9 Å². The molecule has 5 nitrogen and oxygen atoms in total. The smallest absolute Gasteiger partial charge is 0.274 e. The number of anilines is 2. The van der Waals surface area contributed by atoms with Crippen LogP contribution in [0.15, 0.2) is 36.7 Å². The van der Waals surface area contributed by atoms with E-state index in [2.05, 4.69) is 34.0 Å². The van der Waals surface area contributed by atoms with E-state index < -0.39 is 0 Å². The van der Waals surface area contributed by atoms with E-state index in [1.165, 1.54) is 32.0 Å². The number of hydrogen-bond acceptors (Lipinski definition) is 4. The van der Waals surface area contributed by atoms with Crippen LogP contribution in [0.2, 0.25) is 0 Å². The van der Waals surface area contributed by atoms with E-state index in [-0.39, 0.29) is 5.91 Å². The number of nitrogens with one attached hydrogen (secondary N) is 1. The van der Waals surface area contributed by atoms with Crippen molar-refractivity contribution in [2.24, 2.45) is 0 Å². The van der Waals surface area contributed by atoms with E-state index in [0.717, 1.165) is 30.2 Å². The average Bonchev–Trinajstić information content (AvgIpc) is 2.91. The standard InChI is InChI=1S/C20H26N4O/c1-15(2)16-9-5-6-10-17(16)23-20(25)18-13-19(22-14-21-18)24-11-7-3-4-8-12-24/h5-6,9-10,13-15H,3-4,7-8,11-12H2,1-2H3,(H,23,25). The highest BCUT2D eigenvalue weighted by Gasteiger charge is 2.16. The maximum absolute atomic E-state index is 12.7. The second kappa shape index (κ2) is 8.10. The maximum Gasteiger partial charge on any atom is 0.274 e. The molecule has 3 rings (SSSR count). The zero-order valence-electron chi connectivity index (χ0n) is 15.0. The number of nitrogens with zero attached hydrogens (tertiary/aromatic N) is 3. The van der Waals surface area contributed by atoms with Gasteiger partial charge in [-0.25, -0.2) is 9.97 Å². The van der Waals surface area contributed by atoms with Crippen LogP contribution in [0.3, 0.4) is 0 Å². The summed E-state index contributed by atoms with van der Waals surface area (Å²) in [5.74, 6) is 1.00. The Morgan fingerprint density at radius 2 is 1.80 bits per heavy atom. The molecule has 1 saturated heterocycles. The van der Waals surface area contributed by atoms with E-state index in [1.54, 1.807) is 6.07 Å². The summed E-state index contributed by atoms with van der Waals surface area (Å²) in [7, 11) is 0. The lowest BCUT2D eigenvalue weighted by Crippen LogP contribution is -2.25. The normalized spacial score (nSPS) is 15.1. The Labute approximate surface area is 149 Å². The second-order valence-electron chi connectivity index (χ2n) is 6.86. The fourth-order valence-electron chi connectivity index (χ4n) is 3.24. The van der Waals surface area contributed by atoms with Crippen LogP contribution in [0.5, 0.6) is 0 Å². The van der Waals surface area contributed by atoms with Gasteiger partial charge in [0.05, 0.1) is 0 Å². The third-order valence-electron chi connectivity index (χ3n) is 4.65. The van der Waals surface area contributed by atoms with Gasteiger partial charge in [0.1, 0.15) is 17.8 Å². The molecule has 1 aromatic heterocycles. The van der Waals surface area contributed by atoms with Crippen LogP contribution < -0.4 is 10.2 Å². The van der Waals surface area contributed by atoms with Gasteiger partial charge in [0.15, 0.2) is 0 Å². The molecule has 1 aliphatic heterocycles. The molecule has 132 valence electrons. The van der Waals surface area contributed by atoms with Crippen molar-refractivity contribution < 1.29 is 4.79 Å². The molecule has 0 unspecified atom stereocenters. The number of carbonyl (C=O) groups excluding carboxylic acids is 1. The van der Waals surface area contributed by atoms with Gasteiger partial charge < -0.3 is 10.2 Å². The van der Waals surface area contributed by atoms with Gasteiger partial charge in [-0.2, -0.15) is 0 Å². The maximum atomic E-state index is 12.7. The van der Waals surface area contributed by atoms with Gasteiger partial charge in [-0.3, -0.25) is 4.79 Å². The van der Waals surface area contributed by atoms with Crippen molar-refractivity contribution in [3.8, 4) is 0 Å². The van der Waals surface area contributed by atoms with Crippen molar-refractivity contribution in [1.29, 1.82) is 0 Å². The Kier molecular flexibility index (Phi) is 5.64.